The molecule has 2 N–H and O–H groups in total. The highest BCUT2D eigenvalue weighted by molar-refractivity contribution is 5.94. The van der Waals surface area contributed by atoms with Crippen LogP contribution in [-0.4, -0.2) is 27.5 Å². The first-order valence-corrected chi connectivity index (χ1v) is 11.7. The van der Waals surface area contributed by atoms with Crippen LogP contribution in [0.1, 0.15) is 57.5 Å². The van der Waals surface area contributed by atoms with Crippen molar-refractivity contribution < 1.29 is 14.3 Å². The molecule has 2 aromatic carbocycles. The fraction of sp³-hybridized carbons (Fsp3) is 0.321. The van der Waals surface area contributed by atoms with Crippen molar-refractivity contribution in [3.05, 3.63) is 71.9 Å². The lowest BCUT2D eigenvalue weighted by molar-refractivity contribution is 0.0367. The number of aromatic amines is 1. The molecule has 182 valence electrons. The van der Waals surface area contributed by atoms with Crippen molar-refractivity contribution in [2.75, 3.05) is 11.9 Å². The van der Waals surface area contributed by atoms with Crippen LogP contribution < -0.4 is 10.1 Å². The van der Waals surface area contributed by atoms with E-state index in [2.05, 4.69) is 47.1 Å². The van der Waals surface area contributed by atoms with Gasteiger partial charge >= 0.3 is 5.97 Å². The average molecular weight is 473 g/mol. The van der Waals surface area contributed by atoms with Crippen LogP contribution in [0.15, 0.2) is 60.8 Å². The predicted octanol–water partition coefficient (Wildman–Crippen LogP) is 6.99. The molecular weight excluding hydrogens is 440 g/mol. The number of carbonyl (C=O) groups is 1. The van der Waals surface area contributed by atoms with Gasteiger partial charge in [-0.05, 0) is 47.2 Å². The number of ether oxygens (including phenoxy) is 2. The maximum Gasteiger partial charge on any atom is 0.338 e. The molecule has 0 aliphatic heterocycles. The highest BCUT2D eigenvalue weighted by Gasteiger charge is 2.20. The normalized spacial score (nSPS) is 11.9. The zero-order valence-electron chi connectivity index (χ0n) is 21.1. The zero-order valence-corrected chi connectivity index (χ0v) is 21.1. The number of imidazole rings is 1. The molecule has 7 nitrogen and oxygen atoms in total. The fourth-order valence-corrected chi connectivity index (χ4v) is 3.54. The standard InChI is InChI=1S/C28H32N4O3/c1-27(2,3)17-34-25(33)18-13-14-20-22(16-18)32-26(30-20)31-21-11-9-15-29-24(21)35-23-12-8-7-10-19(23)28(4,5)6/h7-16H,17H2,1-6H3,(H2,30,31,32). The van der Waals surface area contributed by atoms with E-state index >= 15 is 0 Å². The van der Waals surface area contributed by atoms with Gasteiger partial charge in [-0.2, -0.15) is 0 Å². The molecule has 0 radical (unpaired) electrons. The lowest BCUT2D eigenvalue weighted by Crippen LogP contribution is -2.18. The Morgan fingerprint density at radius 2 is 1.77 bits per heavy atom. The number of pyridine rings is 1. The van der Waals surface area contributed by atoms with Crippen molar-refractivity contribution in [3.8, 4) is 11.6 Å². The smallest absolute Gasteiger partial charge is 0.338 e. The summed E-state index contributed by atoms with van der Waals surface area (Å²) in [4.78, 5) is 24.7. The van der Waals surface area contributed by atoms with E-state index in [9.17, 15) is 4.79 Å². The summed E-state index contributed by atoms with van der Waals surface area (Å²) in [6.07, 6.45) is 1.69. The number of nitrogens with one attached hydrogen (secondary N) is 2. The molecule has 0 fully saturated rings. The van der Waals surface area contributed by atoms with Crippen molar-refractivity contribution in [1.82, 2.24) is 15.0 Å². The van der Waals surface area contributed by atoms with Crippen LogP contribution in [0.4, 0.5) is 11.6 Å². The number of H-pyrrole nitrogens is 1. The third kappa shape index (κ3) is 5.98. The summed E-state index contributed by atoms with van der Waals surface area (Å²) in [5.41, 5.74) is 3.50. The zero-order chi connectivity index (χ0) is 25.2. The number of aromatic nitrogens is 3. The monoisotopic (exact) mass is 472 g/mol. The van der Waals surface area contributed by atoms with Gasteiger partial charge in [0.2, 0.25) is 11.8 Å². The highest BCUT2D eigenvalue weighted by Crippen LogP contribution is 2.36. The molecule has 0 atom stereocenters. The molecule has 0 aliphatic rings. The third-order valence-electron chi connectivity index (χ3n) is 5.28. The van der Waals surface area contributed by atoms with Crippen LogP contribution >= 0.6 is 0 Å². The molecule has 0 unspecified atom stereocenters. The van der Waals surface area contributed by atoms with Crippen molar-refractivity contribution in [1.29, 1.82) is 0 Å². The Labute approximate surface area is 205 Å². The van der Waals surface area contributed by atoms with Gasteiger partial charge in [-0.1, -0.05) is 59.7 Å². The molecule has 0 bridgehead atoms. The molecule has 4 rings (SSSR count). The fourth-order valence-electron chi connectivity index (χ4n) is 3.54. The number of para-hydroxylation sites is 1. The molecule has 0 spiro atoms. The van der Waals surface area contributed by atoms with E-state index in [1.165, 1.54) is 0 Å². The molecule has 0 saturated heterocycles. The van der Waals surface area contributed by atoms with E-state index in [1.807, 2.05) is 51.1 Å². The summed E-state index contributed by atoms with van der Waals surface area (Å²) in [6, 6.07) is 16.9. The Morgan fingerprint density at radius 1 is 1.00 bits per heavy atom. The second-order valence-corrected chi connectivity index (χ2v) is 10.8. The van der Waals surface area contributed by atoms with Crippen molar-refractivity contribution >= 4 is 28.6 Å². The van der Waals surface area contributed by atoms with Crippen LogP contribution in [0.25, 0.3) is 11.0 Å². The predicted molar refractivity (Wildman–Crippen MR) is 139 cm³/mol. The molecule has 4 aromatic rings. The SMILES string of the molecule is CC(C)(C)COC(=O)c1ccc2nc(Nc3cccnc3Oc3ccccc3C(C)(C)C)[nH]c2c1. The van der Waals surface area contributed by atoms with Crippen molar-refractivity contribution in [3.63, 3.8) is 0 Å². The van der Waals surface area contributed by atoms with Gasteiger partial charge in [-0.3, -0.25) is 0 Å². The minimum absolute atomic E-state index is 0.0799. The average Bonchev–Trinajstić information content (AvgIpc) is 3.19. The summed E-state index contributed by atoms with van der Waals surface area (Å²) in [5, 5.41) is 3.26. The first-order valence-electron chi connectivity index (χ1n) is 11.7. The second kappa shape index (κ2) is 9.41. The quantitative estimate of drug-likeness (QED) is 0.294. The first-order chi connectivity index (χ1) is 16.5. The molecule has 0 aliphatic carbocycles. The largest absolute Gasteiger partial charge is 0.462 e. The number of benzene rings is 2. The number of hydrogen-bond acceptors (Lipinski definition) is 6. The molecular formula is C28H32N4O3. The Bertz CT molecular complexity index is 1350. The summed E-state index contributed by atoms with van der Waals surface area (Å²) in [6.45, 7) is 12.9. The van der Waals surface area contributed by atoms with Crippen LogP contribution in [0.3, 0.4) is 0 Å². The van der Waals surface area contributed by atoms with Gasteiger partial charge in [0.05, 0.1) is 23.2 Å². The van der Waals surface area contributed by atoms with E-state index < -0.39 is 0 Å². The Morgan fingerprint density at radius 3 is 2.51 bits per heavy atom. The summed E-state index contributed by atoms with van der Waals surface area (Å²) in [7, 11) is 0. The molecule has 2 aromatic heterocycles. The maximum absolute atomic E-state index is 12.5. The van der Waals surface area contributed by atoms with Gasteiger partial charge < -0.3 is 19.8 Å². The maximum atomic E-state index is 12.5. The number of rotatable bonds is 6. The van der Waals surface area contributed by atoms with Crippen LogP contribution in [0.5, 0.6) is 11.6 Å². The van der Waals surface area contributed by atoms with Gasteiger partial charge in [-0.15, -0.1) is 0 Å². The number of esters is 1. The summed E-state index contributed by atoms with van der Waals surface area (Å²) < 4.78 is 11.7. The van der Waals surface area contributed by atoms with E-state index in [1.54, 1.807) is 24.4 Å². The van der Waals surface area contributed by atoms with E-state index in [-0.39, 0.29) is 16.8 Å². The summed E-state index contributed by atoms with van der Waals surface area (Å²) >= 11 is 0. The lowest BCUT2D eigenvalue weighted by Gasteiger charge is -2.22. The Hall–Kier alpha value is -3.87. The topological polar surface area (TPSA) is 89.1 Å². The minimum atomic E-state index is -0.355. The van der Waals surface area contributed by atoms with E-state index in [4.69, 9.17) is 9.47 Å². The number of nitrogens with zero attached hydrogens (tertiary/aromatic N) is 2. The molecule has 0 amide bonds. The highest BCUT2D eigenvalue weighted by atomic mass is 16.5. The first kappa shape index (κ1) is 24.3. The van der Waals surface area contributed by atoms with E-state index in [0.717, 1.165) is 22.3 Å². The summed E-state index contributed by atoms with van der Waals surface area (Å²) in [5.74, 6) is 1.36. The molecule has 35 heavy (non-hydrogen) atoms. The van der Waals surface area contributed by atoms with Crippen LogP contribution in [0.2, 0.25) is 0 Å². The van der Waals surface area contributed by atoms with Gasteiger partial charge in [0, 0.05) is 11.8 Å². The van der Waals surface area contributed by atoms with Crippen molar-refractivity contribution in [2.24, 2.45) is 5.41 Å². The minimum Gasteiger partial charge on any atom is -0.462 e. The van der Waals surface area contributed by atoms with Gasteiger partial charge in [-0.25, -0.2) is 14.8 Å². The molecule has 7 heteroatoms. The van der Waals surface area contributed by atoms with Crippen molar-refractivity contribution in [2.45, 2.75) is 47.0 Å². The lowest BCUT2D eigenvalue weighted by atomic mass is 9.86. The Kier molecular flexibility index (Phi) is 6.52. The van der Waals surface area contributed by atoms with Gasteiger partial charge in [0.25, 0.3) is 0 Å². The van der Waals surface area contributed by atoms with Gasteiger partial charge in [0.15, 0.2) is 0 Å². The number of hydrogen-bond donors (Lipinski definition) is 2. The number of anilines is 2. The molecule has 2 heterocycles. The van der Waals surface area contributed by atoms with Crippen LogP contribution in [-0.2, 0) is 10.2 Å². The number of carbonyl (C=O) groups excluding carboxylic acids is 1. The third-order valence-corrected chi connectivity index (χ3v) is 5.28. The number of fused-ring (bicyclic) bond motifs is 1. The molecule has 0 saturated carbocycles. The van der Waals surface area contributed by atoms with Crippen LogP contribution in [0, 0.1) is 5.41 Å². The van der Waals surface area contributed by atoms with E-state index in [0.29, 0.717) is 29.7 Å². The van der Waals surface area contributed by atoms with Gasteiger partial charge in [0.1, 0.15) is 11.4 Å². The second-order valence-electron chi connectivity index (χ2n) is 10.8. The Balaban J connectivity index is 1.56.